The van der Waals surface area contributed by atoms with E-state index in [1.54, 1.807) is 6.07 Å². The number of carbonyl (C=O) groups is 3. The van der Waals surface area contributed by atoms with Gasteiger partial charge in [0, 0.05) is 11.8 Å². The highest BCUT2D eigenvalue weighted by molar-refractivity contribution is 6.29. The molecule has 1 aromatic carbocycles. The SMILES string of the molecule is O=C1COc2ccc(C(=O)COC(=O)c3ccc(Cl)nc3)cc2N1. The Labute approximate surface area is 141 Å². The lowest BCUT2D eigenvalue weighted by atomic mass is 10.1. The minimum atomic E-state index is -0.679. The Kier molecular flexibility index (Phi) is 4.43. The first-order chi connectivity index (χ1) is 11.5. The molecule has 2 aromatic rings. The Balaban J connectivity index is 1.65. The second kappa shape index (κ2) is 6.67. The monoisotopic (exact) mass is 346 g/mol. The van der Waals surface area contributed by atoms with E-state index in [-0.39, 0.29) is 23.2 Å². The fraction of sp³-hybridized carbons (Fsp3) is 0.125. The highest BCUT2D eigenvalue weighted by atomic mass is 35.5. The zero-order chi connectivity index (χ0) is 17.1. The Hall–Kier alpha value is -2.93. The smallest absolute Gasteiger partial charge is 0.340 e. The van der Waals surface area contributed by atoms with Crippen LogP contribution in [0.3, 0.4) is 0 Å². The van der Waals surface area contributed by atoms with E-state index in [4.69, 9.17) is 21.1 Å². The number of esters is 1. The van der Waals surface area contributed by atoms with Crippen LogP contribution in [0.5, 0.6) is 5.75 Å². The minimum Gasteiger partial charge on any atom is -0.482 e. The van der Waals surface area contributed by atoms with Crippen molar-refractivity contribution in [3.63, 3.8) is 0 Å². The van der Waals surface area contributed by atoms with Crippen molar-refractivity contribution in [3.8, 4) is 5.75 Å². The molecule has 0 aliphatic carbocycles. The maximum absolute atomic E-state index is 12.1. The number of nitrogens with one attached hydrogen (secondary N) is 1. The fourth-order valence-electron chi connectivity index (χ4n) is 2.05. The Morgan fingerprint density at radius 2 is 2.04 bits per heavy atom. The molecule has 3 rings (SSSR count). The highest BCUT2D eigenvalue weighted by Crippen LogP contribution is 2.28. The number of carbonyl (C=O) groups excluding carboxylic acids is 3. The molecule has 24 heavy (non-hydrogen) atoms. The van der Waals surface area contributed by atoms with Crippen LogP contribution in [0.15, 0.2) is 36.5 Å². The summed E-state index contributed by atoms with van der Waals surface area (Å²) in [6.45, 7) is -0.498. The normalized spacial score (nSPS) is 12.6. The first kappa shape index (κ1) is 15.9. The number of ether oxygens (including phenoxy) is 2. The summed E-state index contributed by atoms with van der Waals surface area (Å²) in [5, 5.41) is 2.86. The predicted molar refractivity (Wildman–Crippen MR) is 84.4 cm³/mol. The molecular formula is C16H11ClN2O5. The molecule has 0 saturated carbocycles. The van der Waals surface area contributed by atoms with E-state index in [1.165, 1.54) is 30.5 Å². The number of hydrogen-bond acceptors (Lipinski definition) is 6. The van der Waals surface area contributed by atoms with Crippen molar-refractivity contribution in [2.45, 2.75) is 0 Å². The number of ketones is 1. The topological polar surface area (TPSA) is 94.6 Å². The van der Waals surface area contributed by atoms with Gasteiger partial charge in [0.05, 0.1) is 11.3 Å². The molecule has 0 fully saturated rings. The van der Waals surface area contributed by atoms with Gasteiger partial charge in [-0.2, -0.15) is 0 Å². The quantitative estimate of drug-likeness (QED) is 0.517. The summed E-state index contributed by atoms with van der Waals surface area (Å²) in [5.41, 5.74) is 0.894. The molecule has 122 valence electrons. The van der Waals surface area contributed by atoms with Gasteiger partial charge in [-0.3, -0.25) is 9.59 Å². The van der Waals surface area contributed by atoms with Gasteiger partial charge in [-0.25, -0.2) is 9.78 Å². The Morgan fingerprint density at radius 3 is 2.79 bits per heavy atom. The second-order valence-electron chi connectivity index (χ2n) is 4.92. The molecule has 1 aliphatic heterocycles. The third kappa shape index (κ3) is 3.52. The predicted octanol–water partition coefficient (Wildman–Crippen LogP) is 2.11. The fourth-order valence-corrected chi connectivity index (χ4v) is 2.16. The Morgan fingerprint density at radius 1 is 1.25 bits per heavy atom. The van der Waals surface area contributed by atoms with E-state index in [1.807, 2.05) is 0 Å². The second-order valence-corrected chi connectivity index (χ2v) is 5.30. The molecule has 2 heterocycles. The number of halogens is 1. The summed E-state index contributed by atoms with van der Waals surface area (Å²) in [7, 11) is 0. The lowest BCUT2D eigenvalue weighted by Crippen LogP contribution is -2.25. The van der Waals surface area contributed by atoms with Gasteiger partial charge >= 0.3 is 5.97 Å². The summed E-state index contributed by atoms with van der Waals surface area (Å²) < 4.78 is 10.2. The van der Waals surface area contributed by atoms with Gasteiger partial charge in [-0.15, -0.1) is 0 Å². The number of benzene rings is 1. The number of aromatic nitrogens is 1. The van der Waals surface area contributed by atoms with Gasteiger partial charge in [0.25, 0.3) is 5.91 Å². The number of anilines is 1. The van der Waals surface area contributed by atoms with Crippen molar-refractivity contribution in [3.05, 3.63) is 52.8 Å². The molecule has 0 unspecified atom stereocenters. The molecule has 1 N–H and O–H groups in total. The average molecular weight is 347 g/mol. The standard InChI is InChI=1S/C16H11ClN2O5/c17-14-4-2-10(6-18-14)16(22)24-7-12(20)9-1-3-13-11(5-9)19-15(21)8-23-13/h1-6H,7-8H2,(H,19,21). The number of nitrogens with zero attached hydrogens (tertiary/aromatic N) is 1. The van der Waals surface area contributed by atoms with Gasteiger partial charge in [0.2, 0.25) is 0 Å². The molecule has 8 heteroatoms. The first-order valence-electron chi connectivity index (χ1n) is 6.91. The molecule has 0 spiro atoms. The maximum atomic E-state index is 12.1. The number of fused-ring (bicyclic) bond motifs is 1. The maximum Gasteiger partial charge on any atom is 0.340 e. The van der Waals surface area contributed by atoms with Crippen molar-refractivity contribution in [1.29, 1.82) is 0 Å². The third-order valence-corrected chi connectivity index (χ3v) is 3.46. The van der Waals surface area contributed by atoms with Gasteiger partial charge < -0.3 is 14.8 Å². The van der Waals surface area contributed by atoms with Crippen LogP contribution >= 0.6 is 11.6 Å². The van der Waals surface area contributed by atoms with E-state index in [9.17, 15) is 14.4 Å². The van der Waals surface area contributed by atoms with Gasteiger partial charge in [-0.1, -0.05) is 11.6 Å². The molecule has 1 aromatic heterocycles. The summed E-state index contributed by atoms with van der Waals surface area (Å²) in [6.07, 6.45) is 1.26. The van der Waals surface area contributed by atoms with Gasteiger partial charge in [-0.05, 0) is 30.3 Å². The minimum absolute atomic E-state index is 0.0625. The van der Waals surface area contributed by atoms with Gasteiger partial charge in [0.1, 0.15) is 10.9 Å². The summed E-state index contributed by atoms with van der Waals surface area (Å²) in [6, 6.07) is 7.50. The summed E-state index contributed by atoms with van der Waals surface area (Å²) >= 11 is 5.63. The van der Waals surface area contributed by atoms with Crippen LogP contribution in [0, 0.1) is 0 Å². The van der Waals surface area contributed by atoms with E-state index in [2.05, 4.69) is 10.3 Å². The van der Waals surface area contributed by atoms with Crippen LogP contribution in [0.4, 0.5) is 5.69 Å². The molecule has 0 bridgehead atoms. The Bertz CT molecular complexity index is 820. The highest BCUT2D eigenvalue weighted by Gasteiger charge is 2.18. The molecule has 0 radical (unpaired) electrons. The molecule has 0 atom stereocenters. The van der Waals surface area contributed by atoms with Crippen molar-refractivity contribution in [2.75, 3.05) is 18.5 Å². The number of amides is 1. The van der Waals surface area contributed by atoms with E-state index < -0.39 is 18.4 Å². The van der Waals surface area contributed by atoms with Crippen LogP contribution in [0.25, 0.3) is 0 Å². The third-order valence-electron chi connectivity index (χ3n) is 3.23. The average Bonchev–Trinajstić information content (AvgIpc) is 2.59. The van der Waals surface area contributed by atoms with Crippen LogP contribution in [-0.4, -0.2) is 35.9 Å². The lowest BCUT2D eigenvalue weighted by Gasteiger charge is -2.18. The zero-order valence-corrected chi connectivity index (χ0v) is 13.0. The van der Waals surface area contributed by atoms with Crippen LogP contribution in [0.2, 0.25) is 5.15 Å². The number of Topliss-reactive ketones (excluding diaryl/α,β-unsaturated/α-hetero) is 1. The summed E-state index contributed by atoms with van der Waals surface area (Å²) in [5.74, 6) is -0.904. The van der Waals surface area contributed by atoms with Crippen molar-refractivity contribution < 1.29 is 23.9 Å². The van der Waals surface area contributed by atoms with Crippen LogP contribution < -0.4 is 10.1 Å². The first-order valence-corrected chi connectivity index (χ1v) is 7.29. The number of rotatable bonds is 4. The van der Waals surface area contributed by atoms with E-state index in [0.29, 0.717) is 17.0 Å². The molecule has 1 aliphatic rings. The van der Waals surface area contributed by atoms with Crippen molar-refractivity contribution >= 4 is 34.9 Å². The van der Waals surface area contributed by atoms with Crippen LogP contribution in [-0.2, 0) is 9.53 Å². The molecular weight excluding hydrogens is 336 g/mol. The molecule has 7 nitrogen and oxygen atoms in total. The number of pyridine rings is 1. The zero-order valence-electron chi connectivity index (χ0n) is 12.2. The van der Waals surface area contributed by atoms with E-state index >= 15 is 0 Å². The lowest BCUT2D eigenvalue weighted by molar-refractivity contribution is -0.118. The van der Waals surface area contributed by atoms with E-state index in [0.717, 1.165) is 0 Å². The van der Waals surface area contributed by atoms with Crippen LogP contribution in [0.1, 0.15) is 20.7 Å². The molecule has 0 saturated heterocycles. The van der Waals surface area contributed by atoms with Crippen molar-refractivity contribution in [2.24, 2.45) is 0 Å². The van der Waals surface area contributed by atoms with Gasteiger partial charge in [0.15, 0.2) is 19.0 Å². The summed E-state index contributed by atoms with van der Waals surface area (Å²) in [4.78, 5) is 39.0. The van der Waals surface area contributed by atoms with Crippen molar-refractivity contribution in [1.82, 2.24) is 4.98 Å². The largest absolute Gasteiger partial charge is 0.482 e. The molecule has 1 amide bonds. The number of hydrogen-bond donors (Lipinski definition) is 1.